The fraction of sp³-hybridized carbons (Fsp3) is 0.143. The van der Waals surface area contributed by atoms with E-state index < -0.39 is 0 Å². The average Bonchev–Trinajstić information content (AvgIpc) is 1.82. The number of rotatable bonds is 0. The second kappa shape index (κ2) is 2.10. The highest BCUT2D eigenvalue weighted by atomic mass is 16.3. The topological polar surface area (TPSA) is 60.7 Å². The highest BCUT2D eigenvalue weighted by Crippen LogP contribution is 2.29. The molecule has 3 nitrogen and oxygen atoms in total. The monoisotopic (exact) mass is 139 g/mol. The van der Waals surface area contributed by atoms with Gasteiger partial charge in [0.05, 0.1) is 6.07 Å². The zero-order valence-electron chi connectivity index (χ0n) is 5.42. The molecular weight excluding hydrogens is 132 g/mol. The lowest BCUT2D eigenvalue weighted by molar-refractivity contribution is 0.421. The maximum atomic E-state index is 8.94. The van der Waals surface area contributed by atoms with E-state index in [4.69, 9.17) is 15.3 Å². The first kappa shape index (κ1) is 6.74. The maximum Gasteiger partial charge on any atom is 0.134 e. The average molecular weight is 139 g/mol. The van der Waals surface area contributed by atoms with Crippen molar-refractivity contribution in [1.82, 2.24) is 0 Å². The predicted molar refractivity (Wildman–Crippen MR) is 35.0 cm³/mol. The van der Waals surface area contributed by atoms with E-state index in [0.717, 1.165) is 6.07 Å². The third-order valence-corrected chi connectivity index (χ3v) is 1.26. The minimum atomic E-state index is -0.263. The zero-order chi connectivity index (χ0) is 7.72. The molecule has 3 heteroatoms. The summed E-state index contributed by atoms with van der Waals surface area (Å²) < 4.78 is 0. The third kappa shape index (κ3) is 0.978. The largest absolute Gasteiger partial charge is 0.507 e. The van der Waals surface area contributed by atoms with Gasteiger partial charge < -0.3 is 15.3 Å². The van der Waals surface area contributed by atoms with Crippen molar-refractivity contribution in [3.05, 3.63) is 17.7 Å². The Morgan fingerprint density at radius 1 is 1.30 bits per heavy atom. The second-order valence-corrected chi connectivity index (χ2v) is 2.01. The van der Waals surface area contributed by atoms with E-state index >= 15 is 0 Å². The van der Waals surface area contributed by atoms with E-state index in [2.05, 4.69) is 6.07 Å². The fourth-order valence-electron chi connectivity index (χ4n) is 0.610. The van der Waals surface area contributed by atoms with Crippen LogP contribution in [0.25, 0.3) is 0 Å². The van der Waals surface area contributed by atoms with Crippen molar-refractivity contribution < 1.29 is 15.3 Å². The Morgan fingerprint density at radius 3 is 2.40 bits per heavy atom. The summed E-state index contributed by atoms with van der Waals surface area (Å²) in [6.07, 6.45) is 0. The predicted octanol–water partition coefficient (Wildman–Crippen LogP) is 0.912. The van der Waals surface area contributed by atoms with Crippen LogP contribution in [0, 0.1) is 13.0 Å². The summed E-state index contributed by atoms with van der Waals surface area (Å²) >= 11 is 0. The molecule has 0 spiro atoms. The Labute approximate surface area is 58.2 Å². The van der Waals surface area contributed by atoms with E-state index in [1.807, 2.05) is 0 Å². The van der Waals surface area contributed by atoms with Crippen molar-refractivity contribution >= 4 is 0 Å². The summed E-state index contributed by atoms with van der Waals surface area (Å²) in [4.78, 5) is 0. The standard InChI is InChI=1S/C7H7O3/c1-4-6(9)2-5(8)3-7(4)10/h2,8-10H,1H3. The molecule has 0 saturated heterocycles. The number of hydrogen-bond acceptors (Lipinski definition) is 3. The minimum absolute atomic E-state index is 0.131. The van der Waals surface area contributed by atoms with Gasteiger partial charge in [0.25, 0.3) is 0 Å². The summed E-state index contributed by atoms with van der Waals surface area (Å²) in [5, 5.41) is 26.6. The molecule has 1 radical (unpaired) electrons. The lowest BCUT2D eigenvalue weighted by atomic mass is 10.2. The van der Waals surface area contributed by atoms with Crippen LogP contribution in [0.15, 0.2) is 6.07 Å². The third-order valence-electron chi connectivity index (χ3n) is 1.26. The number of aromatic hydroxyl groups is 3. The highest BCUT2D eigenvalue weighted by Gasteiger charge is 2.03. The molecule has 0 unspecified atom stereocenters. The van der Waals surface area contributed by atoms with E-state index in [9.17, 15) is 0 Å². The van der Waals surface area contributed by atoms with Crippen molar-refractivity contribution in [3.63, 3.8) is 0 Å². The summed E-state index contributed by atoms with van der Waals surface area (Å²) in [5.41, 5.74) is 0.317. The van der Waals surface area contributed by atoms with Crippen LogP contribution in [0.4, 0.5) is 0 Å². The molecule has 0 aliphatic rings. The van der Waals surface area contributed by atoms with Crippen LogP contribution in [0.1, 0.15) is 5.56 Å². The van der Waals surface area contributed by atoms with E-state index in [1.165, 1.54) is 6.92 Å². The van der Waals surface area contributed by atoms with Gasteiger partial charge in [-0.15, -0.1) is 0 Å². The van der Waals surface area contributed by atoms with Gasteiger partial charge in [0.15, 0.2) is 0 Å². The number of benzene rings is 1. The molecule has 0 fully saturated rings. The molecule has 53 valence electrons. The quantitative estimate of drug-likeness (QED) is 0.500. The van der Waals surface area contributed by atoms with Crippen molar-refractivity contribution in [2.24, 2.45) is 0 Å². The smallest absolute Gasteiger partial charge is 0.134 e. The van der Waals surface area contributed by atoms with Gasteiger partial charge in [0.2, 0.25) is 0 Å². The fourth-order valence-corrected chi connectivity index (χ4v) is 0.610. The van der Waals surface area contributed by atoms with Crippen LogP contribution >= 0.6 is 0 Å². The molecule has 0 aliphatic heterocycles. The summed E-state index contributed by atoms with van der Waals surface area (Å²) in [6, 6.07) is 3.35. The van der Waals surface area contributed by atoms with Gasteiger partial charge in [0.1, 0.15) is 17.2 Å². The van der Waals surface area contributed by atoms with Crippen LogP contribution in [-0.2, 0) is 0 Å². The van der Waals surface area contributed by atoms with Gasteiger partial charge in [-0.2, -0.15) is 0 Å². The van der Waals surface area contributed by atoms with Crippen LogP contribution in [0.2, 0.25) is 0 Å². The van der Waals surface area contributed by atoms with Crippen molar-refractivity contribution in [1.29, 1.82) is 0 Å². The Bertz CT molecular complexity index is 232. The molecular formula is C7H7O3. The Kier molecular flexibility index (Phi) is 1.41. The van der Waals surface area contributed by atoms with Crippen LogP contribution in [-0.4, -0.2) is 15.3 Å². The van der Waals surface area contributed by atoms with Gasteiger partial charge in [-0.1, -0.05) is 0 Å². The van der Waals surface area contributed by atoms with Crippen LogP contribution in [0.5, 0.6) is 17.2 Å². The Balaban J connectivity index is 3.31. The van der Waals surface area contributed by atoms with Gasteiger partial charge in [0, 0.05) is 11.6 Å². The molecule has 1 aromatic carbocycles. The van der Waals surface area contributed by atoms with Gasteiger partial charge in [-0.05, 0) is 6.92 Å². The van der Waals surface area contributed by atoms with Gasteiger partial charge in [-0.3, -0.25) is 0 Å². The first-order valence-corrected chi connectivity index (χ1v) is 2.75. The molecule has 0 heterocycles. The SMILES string of the molecule is Cc1c(O)[c]c(O)cc1O. The molecule has 10 heavy (non-hydrogen) atoms. The molecule has 0 atom stereocenters. The number of hydrogen-bond donors (Lipinski definition) is 3. The molecule has 0 amide bonds. The summed E-state index contributed by atoms with van der Waals surface area (Å²) in [6.45, 7) is 1.53. The van der Waals surface area contributed by atoms with E-state index in [0.29, 0.717) is 5.56 Å². The molecule has 0 bridgehead atoms. The maximum absolute atomic E-state index is 8.94. The molecule has 1 aromatic rings. The number of phenolic OH excluding ortho intramolecular Hbond substituents is 3. The van der Waals surface area contributed by atoms with Crippen molar-refractivity contribution in [2.45, 2.75) is 6.92 Å². The molecule has 0 saturated carbocycles. The first-order valence-electron chi connectivity index (χ1n) is 2.75. The van der Waals surface area contributed by atoms with Crippen LogP contribution < -0.4 is 0 Å². The Morgan fingerprint density at radius 2 is 1.90 bits per heavy atom. The molecule has 0 aliphatic carbocycles. The Hall–Kier alpha value is -1.38. The molecule has 1 rings (SSSR count). The normalized spacial score (nSPS) is 9.70. The minimum Gasteiger partial charge on any atom is -0.507 e. The van der Waals surface area contributed by atoms with Crippen molar-refractivity contribution in [3.8, 4) is 17.2 Å². The molecule has 0 aromatic heterocycles. The zero-order valence-corrected chi connectivity index (χ0v) is 5.42. The van der Waals surface area contributed by atoms with E-state index in [1.54, 1.807) is 0 Å². The number of phenols is 3. The molecule has 3 N–H and O–H groups in total. The lowest BCUT2D eigenvalue weighted by Gasteiger charge is -2.00. The van der Waals surface area contributed by atoms with Crippen LogP contribution in [0.3, 0.4) is 0 Å². The first-order chi connectivity index (χ1) is 4.61. The van der Waals surface area contributed by atoms with Crippen molar-refractivity contribution in [2.75, 3.05) is 0 Å². The highest BCUT2D eigenvalue weighted by molar-refractivity contribution is 5.46. The van der Waals surface area contributed by atoms with E-state index in [-0.39, 0.29) is 17.2 Å². The second-order valence-electron chi connectivity index (χ2n) is 2.01. The van der Waals surface area contributed by atoms with Gasteiger partial charge in [-0.25, -0.2) is 0 Å². The lowest BCUT2D eigenvalue weighted by Crippen LogP contribution is -1.76. The summed E-state index contributed by atoms with van der Waals surface area (Å²) in [7, 11) is 0. The summed E-state index contributed by atoms with van der Waals surface area (Å²) in [5.74, 6) is -0.619. The van der Waals surface area contributed by atoms with Gasteiger partial charge >= 0.3 is 0 Å².